The number of para-hydroxylation sites is 1. The Balaban J connectivity index is 1.35. The van der Waals surface area contributed by atoms with Gasteiger partial charge in [0.15, 0.2) is 4.34 Å². The van der Waals surface area contributed by atoms with Crippen LogP contribution in [0.5, 0.6) is 0 Å². The number of carbonyl (C=O) groups is 1. The molecule has 5 nitrogen and oxygen atoms in total. The van der Waals surface area contributed by atoms with E-state index in [1.165, 1.54) is 23.1 Å². The van der Waals surface area contributed by atoms with Crippen LogP contribution in [0, 0.1) is 0 Å². The van der Waals surface area contributed by atoms with Crippen molar-refractivity contribution < 1.29 is 4.79 Å². The van der Waals surface area contributed by atoms with Crippen LogP contribution in [0.4, 0.5) is 5.13 Å². The number of anilines is 1. The van der Waals surface area contributed by atoms with Gasteiger partial charge in [-0.1, -0.05) is 70.6 Å². The molecule has 2 N–H and O–H groups in total. The Morgan fingerprint density at radius 2 is 2.00 bits per heavy atom. The number of thioether (sulfide) groups is 1. The number of aromatic nitrogens is 3. The van der Waals surface area contributed by atoms with Crippen LogP contribution in [-0.2, 0) is 17.0 Å². The molecule has 0 bridgehead atoms. The number of fused-ring (bicyclic) bond motifs is 1. The molecule has 0 aliphatic carbocycles. The summed E-state index contributed by atoms with van der Waals surface area (Å²) in [6.45, 7) is 0. The molecule has 2 heterocycles. The lowest BCUT2D eigenvalue weighted by Crippen LogP contribution is -2.14. The summed E-state index contributed by atoms with van der Waals surface area (Å²) in [5, 5.41) is 13.6. The maximum absolute atomic E-state index is 12.4. The predicted molar refractivity (Wildman–Crippen MR) is 117 cm³/mol. The Bertz CT molecular complexity index is 1140. The molecule has 0 unspecified atom stereocenters. The summed E-state index contributed by atoms with van der Waals surface area (Å²) in [5.74, 6) is 0.566. The highest BCUT2D eigenvalue weighted by Crippen LogP contribution is 2.30. The second-order valence-electron chi connectivity index (χ2n) is 5.99. The normalized spacial score (nSPS) is 11.1. The third kappa shape index (κ3) is 4.50. The van der Waals surface area contributed by atoms with Gasteiger partial charge < -0.3 is 10.3 Å². The molecule has 0 aliphatic rings. The number of halogens is 2. The molecule has 0 aliphatic heterocycles. The van der Waals surface area contributed by atoms with E-state index >= 15 is 0 Å². The second-order valence-corrected chi connectivity index (χ2v) is 9.01. The van der Waals surface area contributed by atoms with Crippen molar-refractivity contribution in [1.29, 1.82) is 0 Å². The monoisotopic (exact) mass is 448 g/mol. The number of rotatable bonds is 6. The highest BCUT2D eigenvalue weighted by atomic mass is 35.5. The Morgan fingerprint density at radius 1 is 1.14 bits per heavy atom. The molecule has 1 amide bonds. The fourth-order valence-corrected chi connectivity index (χ4v) is 4.74. The molecule has 2 aromatic carbocycles. The SMILES string of the molecule is O=C(Cc1c[nH]c2ccccc12)Nc1nnc(SCc2ccc(Cl)c(Cl)c2)s1. The van der Waals surface area contributed by atoms with Crippen LogP contribution in [0.1, 0.15) is 11.1 Å². The Hall–Kier alpha value is -2.06. The molecule has 0 saturated carbocycles. The fourth-order valence-electron chi connectivity index (χ4n) is 2.71. The standard InChI is InChI=1S/C19H14Cl2N4OS2/c20-14-6-5-11(7-15(14)21)10-27-19-25-24-18(28-19)23-17(26)8-12-9-22-16-4-2-1-3-13(12)16/h1-7,9,22H,8,10H2,(H,23,24,26). The van der Waals surface area contributed by atoms with Gasteiger partial charge in [-0.15, -0.1) is 10.2 Å². The highest BCUT2D eigenvalue weighted by molar-refractivity contribution is 8.00. The van der Waals surface area contributed by atoms with Crippen molar-refractivity contribution in [2.24, 2.45) is 0 Å². The molecule has 0 spiro atoms. The highest BCUT2D eigenvalue weighted by Gasteiger charge is 2.12. The largest absolute Gasteiger partial charge is 0.361 e. The van der Waals surface area contributed by atoms with E-state index in [0.717, 1.165) is 26.4 Å². The maximum atomic E-state index is 12.4. The molecule has 0 atom stereocenters. The first-order valence-electron chi connectivity index (χ1n) is 8.33. The number of aromatic amines is 1. The van der Waals surface area contributed by atoms with E-state index in [9.17, 15) is 4.79 Å². The molecule has 2 aromatic heterocycles. The van der Waals surface area contributed by atoms with Crippen LogP contribution in [0.15, 0.2) is 53.0 Å². The molecule has 28 heavy (non-hydrogen) atoms. The maximum Gasteiger partial charge on any atom is 0.230 e. The Morgan fingerprint density at radius 3 is 2.86 bits per heavy atom. The lowest BCUT2D eigenvalue weighted by Gasteiger charge is -2.01. The number of carbonyl (C=O) groups excluding carboxylic acids is 1. The van der Waals surface area contributed by atoms with Crippen LogP contribution >= 0.6 is 46.3 Å². The molecule has 4 rings (SSSR count). The minimum atomic E-state index is -0.123. The van der Waals surface area contributed by atoms with Crippen LogP contribution < -0.4 is 5.32 Å². The second kappa shape index (κ2) is 8.53. The summed E-state index contributed by atoms with van der Waals surface area (Å²) < 4.78 is 0.772. The topological polar surface area (TPSA) is 70.7 Å². The van der Waals surface area contributed by atoms with Crippen molar-refractivity contribution in [3.63, 3.8) is 0 Å². The number of benzene rings is 2. The van der Waals surface area contributed by atoms with Crippen LogP contribution in [0.2, 0.25) is 10.0 Å². The van der Waals surface area contributed by atoms with Gasteiger partial charge in [-0.25, -0.2) is 0 Å². The molecule has 4 aromatic rings. The van der Waals surface area contributed by atoms with Gasteiger partial charge in [0.1, 0.15) is 0 Å². The third-order valence-electron chi connectivity index (χ3n) is 4.03. The van der Waals surface area contributed by atoms with E-state index in [-0.39, 0.29) is 12.3 Å². The van der Waals surface area contributed by atoms with Gasteiger partial charge in [0.2, 0.25) is 11.0 Å². The van der Waals surface area contributed by atoms with E-state index in [2.05, 4.69) is 20.5 Å². The summed E-state index contributed by atoms with van der Waals surface area (Å²) in [7, 11) is 0. The number of nitrogens with one attached hydrogen (secondary N) is 2. The summed E-state index contributed by atoms with van der Waals surface area (Å²) in [6, 6.07) is 13.4. The molecular formula is C19H14Cl2N4OS2. The molecule has 0 fully saturated rings. The Labute approximate surface area is 179 Å². The fraction of sp³-hybridized carbons (Fsp3) is 0.105. The average molecular weight is 449 g/mol. The summed E-state index contributed by atoms with van der Waals surface area (Å²) in [6.07, 6.45) is 2.14. The van der Waals surface area contributed by atoms with Crippen LogP contribution in [0.25, 0.3) is 10.9 Å². The van der Waals surface area contributed by atoms with Crippen molar-refractivity contribution in [2.75, 3.05) is 5.32 Å². The van der Waals surface area contributed by atoms with E-state index in [1.54, 1.807) is 6.07 Å². The van der Waals surface area contributed by atoms with Crippen LogP contribution in [-0.4, -0.2) is 21.1 Å². The first-order chi connectivity index (χ1) is 13.6. The number of hydrogen-bond acceptors (Lipinski definition) is 5. The van der Waals surface area contributed by atoms with E-state index in [0.29, 0.717) is 20.9 Å². The number of amides is 1. The third-order valence-corrected chi connectivity index (χ3v) is 6.81. The van der Waals surface area contributed by atoms with E-state index < -0.39 is 0 Å². The lowest BCUT2D eigenvalue weighted by molar-refractivity contribution is -0.115. The zero-order valence-corrected chi connectivity index (χ0v) is 17.6. The lowest BCUT2D eigenvalue weighted by atomic mass is 10.1. The van der Waals surface area contributed by atoms with Crippen molar-refractivity contribution >= 4 is 68.2 Å². The minimum absolute atomic E-state index is 0.123. The van der Waals surface area contributed by atoms with Crippen molar-refractivity contribution in [3.8, 4) is 0 Å². The van der Waals surface area contributed by atoms with Crippen molar-refractivity contribution in [1.82, 2.24) is 15.2 Å². The first kappa shape index (κ1) is 19.3. The van der Waals surface area contributed by atoms with Crippen molar-refractivity contribution in [2.45, 2.75) is 16.5 Å². The summed E-state index contributed by atoms with van der Waals surface area (Å²) in [5.41, 5.74) is 3.01. The number of H-pyrrole nitrogens is 1. The summed E-state index contributed by atoms with van der Waals surface area (Å²) >= 11 is 14.8. The quantitative estimate of drug-likeness (QED) is 0.288. The molecular weight excluding hydrogens is 435 g/mol. The van der Waals surface area contributed by atoms with E-state index in [1.807, 2.05) is 42.6 Å². The molecule has 9 heteroatoms. The van der Waals surface area contributed by atoms with Gasteiger partial charge in [0, 0.05) is 22.9 Å². The van der Waals surface area contributed by atoms with Gasteiger partial charge >= 0.3 is 0 Å². The molecule has 142 valence electrons. The van der Waals surface area contributed by atoms with E-state index in [4.69, 9.17) is 23.2 Å². The molecule has 0 radical (unpaired) electrons. The number of nitrogens with zero attached hydrogens (tertiary/aromatic N) is 2. The molecule has 0 saturated heterocycles. The van der Waals surface area contributed by atoms with Crippen LogP contribution in [0.3, 0.4) is 0 Å². The minimum Gasteiger partial charge on any atom is -0.361 e. The van der Waals surface area contributed by atoms with Gasteiger partial charge in [-0.2, -0.15) is 0 Å². The van der Waals surface area contributed by atoms with Crippen molar-refractivity contribution in [3.05, 3.63) is 69.8 Å². The zero-order chi connectivity index (χ0) is 19.5. The van der Waals surface area contributed by atoms with Gasteiger partial charge in [0.05, 0.1) is 16.5 Å². The van der Waals surface area contributed by atoms with Gasteiger partial charge in [0.25, 0.3) is 0 Å². The zero-order valence-electron chi connectivity index (χ0n) is 14.4. The first-order valence-corrected chi connectivity index (χ1v) is 10.9. The predicted octanol–water partition coefficient (Wildman–Crippen LogP) is 5.80. The smallest absolute Gasteiger partial charge is 0.230 e. The summed E-state index contributed by atoms with van der Waals surface area (Å²) in [4.78, 5) is 15.5. The Kier molecular flexibility index (Phi) is 5.87. The number of hydrogen-bond donors (Lipinski definition) is 2. The van der Waals surface area contributed by atoms with Gasteiger partial charge in [-0.05, 0) is 29.3 Å². The average Bonchev–Trinajstić information content (AvgIpc) is 3.30. The van der Waals surface area contributed by atoms with Gasteiger partial charge in [-0.3, -0.25) is 4.79 Å².